The predicted molar refractivity (Wildman–Crippen MR) is 157 cm³/mol. The van der Waals surface area contributed by atoms with E-state index in [1.807, 2.05) is 69.2 Å². The first-order chi connectivity index (χ1) is 18.6. The van der Waals surface area contributed by atoms with Crippen molar-refractivity contribution in [1.82, 2.24) is 26.6 Å². The lowest BCUT2D eigenvalue weighted by molar-refractivity contribution is -0.135. The molecule has 0 aliphatic carbocycles. The maximum Gasteiger partial charge on any atom is 0.243 e. The van der Waals surface area contributed by atoms with Crippen LogP contribution >= 0.6 is 0 Å². The minimum Gasteiger partial charge on any atom is -0.343 e. The van der Waals surface area contributed by atoms with Crippen LogP contribution in [0.3, 0.4) is 0 Å². The maximum atomic E-state index is 13.6. The fourth-order valence-corrected chi connectivity index (χ4v) is 4.82. The van der Waals surface area contributed by atoms with Crippen LogP contribution in [0, 0.1) is 29.6 Å². The average Bonchev–Trinajstić information content (AvgIpc) is 2.86. The topological polar surface area (TPSA) is 146 Å². The molecule has 1 heterocycles. The van der Waals surface area contributed by atoms with E-state index in [-0.39, 0.29) is 29.6 Å². The standard InChI is InChI=1S/C30H55N5O5/c1-11-19(9)24-29(39)33-22(14-17(5)6)27(37)31-21(13-16(3)4)26(36)32-23(15-18(7)8)28(38)34-25(20(10)12-2)30(40)35-24/h16-25H,11-15H2,1-10H3,(H,31,37)(H,32,36)(H,33,39)(H,34,38)(H,35,40)/t19?,20?,21-,22-,23-,24-,25-/m0/s1. The molecule has 1 fully saturated rings. The molecule has 5 amide bonds. The van der Waals surface area contributed by atoms with Gasteiger partial charge in [0.25, 0.3) is 0 Å². The first-order valence-electron chi connectivity index (χ1n) is 15.1. The molecule has 230 valence electrons. The van der Waals surface area contributed by atoms with E-state index >= 15 is 0 Å². The van der Waals surface area contributed by atoms with Gasteiger partial charge in [-0.05, 0) is 48.9 Å². The highest BCUT2D eigenvalue weighted by Gasteiger charge is 2.37. The molecular formula is C30H55N5O5. The van der Waals surface area contributed by atoms with Crippen molar-refractivity contribution in [3.05, 3.63) is 0 Å². The number of amides is 5. The molecule has 40 heavy (non-hydrogen) atoms. The van der Waals surface area contributed by atoms with E-state index in [4.69, 9.17) is 0 Å². The summed E-state index contributed by atoms with van der Waals surface area (Å²) >= 11 is 0. The highest BCUT2D eigenvalue weighted by atomic mass is 16.2. The first-order valence-corrected chi connectivity index (χ1v) is 15.1. The molecule has 5 N–H and O–H groups in total. The Bertz CT molecular complexity index is 859. The third kappa shape index (κ3) is 11.1. The van der Waals surface area contributed by atoms with E-state index in [1.165, 1.54) is 0 Å². The average molecular weight is 566 g/mol. The lowest BCUT2D eigenvalue weighted by Gasteiger charge is -2.30. The fourth-order valence-electron chi connectivity index (χ4n) is 4.82. The Morgan fingerprint density at radius 2 is 0.700 bits per heavy atom. The first kappa shape index (κ1) is 35.4. The molecule has 1 aliphatic rings. The van der Waals surface area contributed by atoms with Crippen LogP contribution in [-0.2, 0) is 24.0 Å². The normalized spacial score (nSPS) is 27.2. The summed E-state index contributed by atoms with van der Waals surface area (Å²) < 4.78 is 0. The van der Waals surface area contributed by atoms with Crippen LogP contribution in [-0.4, -0.2) is 59.7 Å². The van der Waals surface area contributed by atoms with Gasteiger partial charge < -0.3 is 26.6 Å². The summed E-state index contributed by atoms with van der Waals surface area (Å²) in [7, 11) is 0. The summed E-state index contributed by atoms with van der Waals surface area (Å²) in [4.78, 5) is 67.7. The van der Waals surface area contributed by atoms with Crippen molar-refractivity contribution in [2.45, 2.75) is 132 Å². The van der Waals surface area contributed by atoms with Crippen molar-refractivity contribution in [2.24, 2.45) is 29.6 Å². The number of carbonyl (C=O) groups is 5. The van der Waals surface area contributed by atoms with Gasteiger partial charge in [0, 0.05) is 0 Å². The molecule has 7 atom stereocenters. The zero-order valence-corrected chi connectivity index (χ0v) is 26.4. The Labute approximate surface area is 241 Å². The molecular weight excluding hydrogens is 510 g/mol. The molecule has 0 aromatic carbocycles. The maximum absolute atomic E-state index is 13.6. The largest absolute Gasteiger partial charge is 0.343 e. The van der Waals surface area contributed by atoms with Gasteiger partial charge in [0.1, 0.15) is 30.2 Å². The second-order valence-electron chi connectivity index (χ2n) is 12.8. The van der Waals surface area contributed by atoms with Crippen LogP contribution in [0.15, 0.2) is 0 Å². The van der Waals surface area contributed by atoms with E-state index in [9.17, 15) is 24.0 Å². The third-order valence-corrected chi connectivity index (χ3v) is 7.61. The van der Waals surface area contributed by atoms with Gasteiger partial charge in [0.2, 0.25) is 29.5 Å². The zero-order valence-electron chi connectivity index (χ0n) is 26.4. The van der Waals surface area contributed by atoms with E-state index in [0.29, 0.717) is 32.1 Å². The number of nitrogens with one attached hydrogen (secondary N) is 5. The molecule has 1 aliphatic heterocycles. The Morgan fingerprint density at radius 3 is 1.00 bits per heavy atom. The summed E-state index contributed by atoms with van der Waals surface area (Å²) in [6, 6.07) is -4.46. The summed E-state index contributed by atoms with van der Waals surface area (Å²) in [6.45, 7) is 19.3. The molecule has 0 radical (unpaired) electrons. The molecule has 0 spiro atoms. The Hall–Kier alpha value is -2.65. The number of rotatable bonds is 10. The van der Waals surface area contributed by atoms with Crippen LogP contribution in [0.5, 0.6) is 0 Å². The van der Waals surface area contributed by atoms with Gasteiger partial charge >= 0.3 is 0 Å². The van der Waals surface area contributed by atoms with Gasteiger partial charge in [-0.3, -0.25) is 24.0 Å². The van der Waals surface area contributed by atoms with E-state index in [0.717, 1.165) is 0 Å². The summed E-state index contributed by atoms with van der Waals surface area (Å²) in [6.07, 6.45) is 2.32. The molecule has 0 aromatic heterocycles. The van der Waals surface area contributed by atoms with Crippen molar-refractivity contribution in [2.75, 3.05) is 0 Å². The summed E-state index contributed by atoms with van der Waals surface area (Å²) in [5.41, 5.74) is 0. The van der Waals surface area contributed by atoms with Gasteiger partial charge in [-0.25, -0.2) is 0 Å². The van der Waals surface area contributed by atoms with Crippen LogP contribution in [0.2, 0.25) is 0 Å². The minimum atomic E-state index is -0.897. The second-order valence-corrected chi connectivity index (χ2v) is 12.8. The summed E-state index contributed by atoms with van der Waals surface area (Å²) in [5, 5.41) is 14.3. The molecule has 0 saturated carbocycles. The molecule has 1 rings (SSSR count). The monoisotopic (exact) mass is 565 g/mol. The second kappa shape index (κ2) is 16.6. The third-order valence-electron chi connectivity index (χ3n) is 7.61. The van der Waals surface area contributed by atoms with Gasteiger partial charge in [0.15, 0.2) is 0 Å². The number of hydrogen-bond acceptors (Lipinski definition) is 5. The van der Waals surface area contributed by atoms with Crippen LogP contribution in [0.25, 0.3) is 0 Å². The van der Waals surface area contributed by atoms with E-state index in [2.05, 4.69) is 26.6 Å². The van der Waals surface area contributed by atoms with Crippen molar-refractivity contribution in [3.63, 3.8) is 0 Å². The lowest BCUT2D eigenvalue weighted by Crippen LogP contribution is -2.60. The Balaban J connectivity index is 3.67. The van der Waals surface area contributed by atoms with Crippen molar-refractivity contribution in [1.29, 1.82) is 0 Å². The molecule has 1 saturated heterocycles. The fraction of sp³-hybridized carbons (Fsp3) is 0.833. The summed E-state index contributed by atoms with van der Waals surface area (Å²) in [5.74, 6) is -2.51. The molecule has 2 unspecified atom stereocenters. The van der Waals surface area contributed by atoms with Crippen LogP contribution in [0.4, 0.5) is 0 Å². The van der Waals surface area contributed by atoms with Crippen molar-refractivity contribution < 1.29 is 24.0 Å². The molecule has 10 heteroatoms. The highest BCUT2D eigenvalue weighted by Crippen LogP contribution is 2.16. The molecule has 10 nitrogen and oxygen atoms in total. The SMILES string of the molecule is CCC(C)[C@@H]1NC(=O)[C@H](CC(C)C)NC(=O)[C@H](CC(C)C)NC(=O)[C@H](CC(C)C)NC(=O)[C@H](C(C)CC)NC1=O. The minimum absolute atomic E-state index is 0.0826. The Morgan fingerprint density at radius 1 is 0.450 bits per heavy atom. The van der Waals surface area contributed by atoms with E-state index in [1.54, 1.807) is 0 Å². The smallest absolute Gasteiger partial charge is 0.243 e. The number of hydrogen-bond donors (Lipinski definition) is 5. The van der Waals surface area contributed by atoms with Crippen LogP contribution < -0.4 is 26.6 Å². The van der Waals surface area contributed by atoms with Gasteiger partial charge in [-0.2, -0.15) is 0 Å². The molecule has 0 aromatic rings. The van der Waals surface area contributed by atoms with Crippen LogP contribution in [0.1, 0.15) is 101 Å². The van der Waals surface area contributed by atoms with Gasteiger partial charge in [-0.1, -0.05) is 82.1 Å². The highest BCUT2D eigenvalue weighted by molar-refractivity contribution is 5.98. The lowest BCUT2D eigenvalue weighted by atomic mass is 9.94. The van der Waals surface area contributed by atoms with Crippen molar-refractivity contribution in [3.8, 4) is 0 Å². The predicted octanol–water partition coefficient (Wildman–Crippen LogP) is 2.65. The quantitative estimate of drug-likeness (QED) is 0.277. The van der Waals surface area contributed by atoms with E-state index < -0.39 is 59.7 Å². The van der Waals surface area contributed by atoms with Gasteiger partial charge in [-0.15, -0.1) is 0 Å². The Kier molecular flexibility index (Phi) is 14.7. The molecule has 0 bridgehead atoms. The number of carbonyl (C=O) groups excluding carboxylic acids is 5. The van der Waals surface area contributed by atoms with Crippen molar-refractivity contribution >= 4 is 29.5 Å². The van der Waals surface area contributed by atoms with Gasteiger partial charge in [0.05, 0.1) is 0 Å². The zero-order chi connectivity index (χ0) is 30.7.